The third-order valence-electron chi connectivity index (χ3n) is 5.69. The molecule has 0 aromatic rings. The molecule has 1 rings (SSSR count). The van der Waals surface area contributed by atoms with Gasteiger partial charge < -0.3 is 45.5 Å². The summed E-state index contributed by atoms with van der Waals surface area (Å²) in [5, 5.41) is 37.8. The van der Waals surface area contributed by atoms with Crippen LogP contribution in [0.1, 0.15) is 72.6 Å². The SMILES string of the molecule is CC(=O)NC1C(OCCCCCCNC(=O)CCCC(=O)NCCOC(C)(C)C)OC(CO)C(O)C1O. The molecule has 0 spiro atoms. The largest absolute Gasteiger partial charge is 0.394 e. The molecule has 1 heterocycles. The maximum Gasteiger partial charge on any atom is 0.220 e. The van der Waals surface area contributed by atoms with E-state index in [-0.39, 0.29) is 17.4 Å². The van der Waals surface area contributed by atoms with E-state index in [4.69, 9.17) is 14.2 Å². The van der Waals surface area contributed by atoms with Crippen LogP contribution in [0.4, 0.5) is 0 Å². The number of ether oxygens (including phenoxy) is 3. The van der Waals surface area contributed by atoms with Crippen molar-refractivity contribution in [2.75, 3.05) is 32.9 Å². The molecule has 12 nitrogen and oxygen atoms in total. The molecular formula is C25H47N3O9. The second-order valence-corrected chi connectivity index (χ2v) is 10.2. The molecule has 0 aromatic carbocycles. The topological polar surface area (TPSA) is 176 Å². The van der Waals surface area contributed by atoms with E-state index >= 15 is 0 Å². The number of hydrogen-bond acceptors (Lipinski definition) is 9. The van der Waals surface area contributed by atoms with Crippen LogP contribution in [0.5, 0.6) is 0 Å². The van der Waals surface area contributed by atoms with E-state index in [1.54, 1.807) is 0 Å². The minimum Gasteiger partial charge on any atom is -0.394 e. The van der Waals surface area contributed by atoms with Gasteiger partial charge in [0.1, 0.15) is 24.4 Å². The standard InChI is InChI=1S/C25H47N3O9/c1-17(30)28-21-23(34)22(33)18(16-29)37-24(21)35-14-8-6-5-7-12-26-19(31)10-9-11-20(32)27-13-15-36-25(2,3)4/h18,21-24,29,33-34H,5-16H2,1-4H3,(H,26,31)(H,27,32)(H,28,30). The Morgan fingerprint density at radius 1 is 0.865 bits per heavy atom. The van der Waals surface area contributed by atoms with Crippen molar-refractivity contribution in [3.05, 3.63) is 0 Å². The number of carbonyl (C=O) groups is 3. The van der Waals surface area contributed by atoms with Crippen molar-refractivity contribution >= 4 is 17.7 Å². The van der Waals surface area contributed by atoms with Crippen LogP contribution in [0.3, 0.4) is 0 Å². The number of rotatable bonds is 17. The predicted molar refractivity (Wildman–Crippen MR) is 135 cm³/mol. The Kier molecular flexibility index (Phi) is 15.8. The summed E-state index contributed by atoms with van der Waals surface area (Å²) >= 11 is 0. The molecule has 0 bridgehead atoms. The van der Waals surface area contributed by atoms with Crippen molar-refractivity contribution in [3.8, 4) is 0 Å². The average molecular weight is 534 g/mol. The summed E-state index contributed by atoms with van der Waals surface area (Å²) in [4.78, 5) is 35.2. The van der Waals surface area contributed by atoms with Crippen molar-refractivity contribution in [2.45, 2.75) is 109 Å². The molecule has 0 radical (unpaired) electrons. The summed E-state index contributed by atoms with van der Waals surface area (Å²) in [6.45, 7) is 8.41. The summed E-state index contributed by atoms with van der Waals surface area (Å²) in [5.74, 6) is -0.570. The van der Waals surface area contributed by atoms with E-state index in [9.17, 15) is 29.7 Å². The molecule has 1 fully saturated rings. The number of nitrogens with one attached hydrogen (secondary N) is 3. The third kappa shape index (κ3) is 14.6. The Morgan fingerprint density at radius 3 is 2.08 bits per heavy atom. The van der Waals surface area contributed by atoms with Gasteiger partial charge in [-0.1, -0.05) is 12.8 Å². The van der Waals surface area contributed by atoms with Gasteiger partial charge in [0.2, 0.25) is 17.7 Å². The van der Waals surface area contributed by atoms with Crippen molar-refractivity contribution in [3.63, 3.8) is 0 Å². The summed E-state index contributed by atoms with van der Waals surface area (Å²) < 4.78 is 16.7. The number of hydrogen-bond donors (Lipinski definition) is 6. The number of aliphatic hydroxyl groups excluding tert-OH is 3. The molecule has 0 aromatic heterocycles. The number of amides is 3. The van der Waals surface area contributed by atoms with E-state index in [2.05, 4.69) is 16.0 Å². The second-order valence-electron chi connectivity index (χ2n) is 10.2. The highest BCUT2D eigenvalue weighted by atomic mass is 16.7. The van der Waals surface area contributed by atoms with Gasteiger partial charge in [0.05, 0.1) is 18.8 Å². The monoisotopic (exact) mass is 533 g/mol. The summed E-state index contributed by atoms with van der Waals surface area (Å²) in [6, 6.07) is -0.945. The minimum absolute atomic E-state index is 0.0788. The fourth-order valence-corrected chi connectivity index (χ4v) is 3.75. The number of aliphatic hydroxyl groups is 3. The summed E-state index contributed by atoms with van der Waals surface area (Å²) in [5.41, 5.74) is -0.237. The second kappa shape index (κ2) is 17.6. The Labute approximate surface area is 219 Å². The van der Waals surface area contributed by atoms with Crippen LogP contribution in [0.15, 0.2) is 0 Å². The van der Waals surface area contributed by atoms with Gasteiger partial charge in [-0.15, -0.1) is 0 Å². The van der Waals surface area contributed by atoms with Gasteiger partial charge in [-0.2, -0.15) is 0 Å². The molecule has 0 saturated carbocycles. The third-order valence-corrected chi connectivity index (χ3v) is 5.69. The van der Waals surface area contributed by atoms with E-state index in [1.807, 2.05) is 20.8 Å². The normalized spacial score (nSPS) is 23.9. The fraction of sp³-hybridized carbons (Fsp3) is 0.880. The lowest BCUT2D eigenvalue weighted by Crippen LogP contribution is -2.64. The van der Waals surface area contributed by atoms with Crippen molar-refractivity contribution in [1.82, 2.24) is 16.0 Å². The van der Waals surface area contributed by atoms with Gasteiger partial charge >= 0.3 is 0 Å². The number of carbonyl (C=O) groups excluding carboxylic acids is 3. The lowest BCUT2D eigenvalue weighted by Gasteiger charge is -2.42. The maximum atomic E-state index is 11.9. The zero-order valence-electron chi connectivity index (χ0n) is 22.7. The molecule has 12 heteroatoms. The van der Waals surface area contributed by atoms with Crippen molar-refractivity contribution < 1.29 is 43.9 Å². The number of unbranched alkanes of at least 4 members (excludes halogenated alkanes) is 3. The van der Waals surface area contributed by atoms with Gasteiger partial charge in [0.25, 0.3) is 0 Å². The Hall–Kier alpha value is -1.83. The summed E-state index contributed by atoms with van der Waals surface area (Å²) in [7, 11) is 0. The molecular weight excluding hydrogens is 486 g/mol. The van der Waals surface area contributed by atoms with Gasteiger partial charge in [0, 0.05) is 39.5 Å². The summed E-state index contributed by atoms with van der Waals surface area (Å²) in [6.07, 6.45) is -0.388. The van der Waals surface area contributed by atoms with E-state index in [0.717, 1.165) is 19.3 Å². The smallest absolute Gasteiger partial charge is 0.220 e. The molecule has 5 unspecified atom stereocenters. The van der Waals surface area contributed by atoms with Crippen LogP contribution in [-0.2, 0) is 28.6 Å². The first-order valence-corrected chi connectivity index (χ1v) is 13.1. The quantitative estimate of drug-likeness (QED) is 0.137. The zero-order chi connectivity index (χ0) is 27.8. The van der Waals surface area contributed by atoms with Crippen LogP contribution < -0.4 is 16.0 Å². The van der Waals surface area contributed by atoms with E-state index < -0.39 is 43.2 Å². The van der Waals surface area contributed by atoms with Crippen LogP contribution in [0.25, 0.3) is 0 Å². The Bertz CT molecular complexity index is 687. The molecule has 1 saturated heterocycles. The molecule has 5 atom stereocenters. The van der Waals surface area contributed by atoms with Gasteiger partial charge in [0.15, 0.2) is 6.29 Å². The van der Waals surface area contributed by atoms with Crippen LogP contribution in [-0.4, -0.2) is 102 Å². The van der Waals surface area contributed by atoms with Crippen molar-refractivity contribution in [2.24, 2.45) is 0 Å². The molecule has 1 aliphatic heterocycles. The zero-order valence-corrected chi connectivity index (χ0v) is 22.7. The molecule has 1 aliphatic rings. The van der Waals surface area contributed by atoms with Crippen LogP contribution in [0.2, 0.25) is 0 Å². The predicted octanol–water partition coefficient (Wildman–Crippen LogP) is -0.275. The lowest BCUT2D eigenvalue weighted by atomic mass is 9.97. The first-order valence-electron chi connectivity index (χ1n) is 13.1. The first kappa shape index (κ1) is 33.2. The van der Waals surface area contributed by atoms with Gasteiger partial charge in [-0.25, -0.2) is 0 Å². The highest BCUT2D eigenvalue weighted by molar-refractivity contribution is 5.78. The fourth-order valence-electron chi connectivity index (χ4n) is 3.75. The van der Waals surface area contributed by atoms with Crippen LogP contribution in [0, 0.1) is 0 Å². The molecule has 3 amide bonds. The maximum absolute atomic E-state index is 11.9. The van der Waals surface area contributed by atoms with E-state index in [1.165, 1.54) is 6.92 Å². The van der Waals surface area contributed by atoms with Gasteiger partial charge in [-0.3, -0.25) is 14.4 Å². The highest BCUT2D eigenvalue weighted by Gasteiger charge is 2.45. The lowest BCUT2D eigenvalue weighted by molar-refractivity contribution is -0.270. The molecule has 6 N–H and O–H groups in total. The molecule has 0 aliphatic carbocycles. The minimum atomic E-state index is -1.34. The molecule has 216 valence electrons. The average Bonchev–Trinajstić information content (AvgIpc) is 2.81. The van der Waals surface area contributed by atoms with Crippen LogP contribution >= 0.6 is 0 Å². The Morgan fingerprint density at radius 2 is 1.49 bits per heavy atom. The first-order chi connectivity index (χ1) is 17.4. The Balaban J connectivity index is 2.10. The highest BCUT2D eigenvalue weighted by Crippen LogP contribution is 2.22. The van der Waals surface area contributed by atoms with Crippen molar-refractivity contribution in [1.29, 1.82) is 0 Å². The molecule has 37 heavy (non-hydrogen) atoms. The van der Waals surface area contributed by atoms with Gasteiger partial charge in [-0.05, 0) is 40.0 Å². The van der Waals surface area contributed by atoms with E-state index in [0.29, 0.717) is 52.0 Å².